The van der Waals surface area contributed by atoms with Gasteiger partial charge in [0.1, 0.15) is 138 Å². The van der Waals surface area contributed by atoms with Gasteiger partial charge in [-0.25, -0.2) is 19.2 Å². The SMILES string of the molecule is O=C(O)c1cc2cc(c1)Oc1cc3cc(c1)C1Oc4cc5c6cc4C(CCCS)c4cc7c(cc4O1)OC1Oc4cc8c(cc4C7CCCS)C(CCCS)c4cc(c7cc4OC(O8)c4cc(cc(c4)Oc4cc(cc(C(=O)O)c4)Oc4cc(cc1c4)Oc1cc(cc(C(=O)O)c1)O3)Oc1cc(cc(C(=O)O)c1)Oc1cc(cc(c1)C(O5)O7)O2)C6CCCS. The molecule has 24 nitrogen and oxygen atoms in total. The van der Waals surface area contributed by atoms with E-state index in [1.165, 1.54) is 97.1 Å². The van der Waals surface area contributed by atoms with Crippen molar-refractivity contribution in [1.82, 2.24) is 0 Å². The number of thiol groups is 4. The molecule has 0 fully saturated rings. The van der Waals surface area contributed by atoms with Crippen LogP contribution in [0.4, 0.5) is 0 Å². The molecule has 21 rings (SSSR count). The molecule has 4 N–H and O–H groups in total. The Kier molecular flexibility index (Phi) is 19.9. The van der Waals surface area contributed by atoms with Gasteiger partial charge in [0.05, 0.1) is 22.3 Å². The van der Waals surface area contributed by atoms with Crippen molar-refractivity contribution in [2.45, 2.75) is 100 Å². The summed E-state index contributed by atoms with van der Waals surface area (Å²) in [7, 11) is 0. The third-order valence-corrected chi connectivity index (χ3v) is 24.4. The molecule has 0 atom stereocenters. The molecule has 0 unspecified atom stereocenters. The summed E-state index contributed by atoms with van der Waals surface area (Å²) in [5.41, 5.74) is 5.67. The van der Waals surface area contributed by atoms with Crippen LogP contribution >= 0.6 is 50.5 Å². The van der Waals surface area contributed by atoms with E-state index in [0.717, 1.165) is 44.5 Å². The Bertz CT molecular complexity index is 5430. The second-order valence-corrected chi connectivity index (χ2v) is 33.2. The highest BCUT2D eigenvalue weighted by Gasteiger charge is 2.43. The van der Waals surface area contributed by atoms with Gasteiger partial charge in [-0.3, -0.25) is 0 Å². The van der Waals surface area contributed by atoms with E-state index in [0.29, 0.717) is 120 Å². The molecule has 0 amide bonds. The average Bonchev–Trinajstić information content (AvgIpc) is 0.726. The molecular weight excluding hydrogens is 1670 g/mol. The zero-order valence-electron chi connectivity index (χ0n) is 65.3. The normalized spacial score (nSPS) is 18.9. The van der Waals surface area contributed by atoms with E-state index in [9.17, 15) is 39.6 Å². The topological polar surface area (TPSA) is 297 Å². The standard InChI is InChI=1S/C96H72O24S4/c97-89(98)45-13-53-29-55(15-45)107-63-23-50-25-65(34-63)109-57-17-47(91(101)102)19-59(31-57)111-67-27-52-28-68(36-67)112-60-20-48(92(103)104)18-58(32-60)110-66-26-51-24-64(35-66)108-56-16-46(90(99)100)14-54(30-56)106-62-22-49(21-61(33-62)105-53)93-113-81-41-83-75-37-73(81)69(5-1-9-121)74-38-76-71(7-3-11-123)78-40-80-72(8-4-12-124)79-39-77(70(75)6-2-10-122)85(117-94(50)115-83)43-87(79)119-96(52)120-88(80)44-86(78)118-95(51)116-84(76)42-82(74)114-93/h13-44,69-72,93-96,121-124H,1-12H2,(H,97,98)(H,99,100)(H,101,102)(H,103,104). The molecule has 8 aliphatic heterocycles. The number of carbonyl (C=O) groups is 4. The van der Waals surface area contributed by atoms with E-state index >= 15 is 0 Å². The molecule has 0 aromatic heterocycles. The molecule has 0 saturated carbocycles. The maximum absolute atomic E-state index is 13.6. The minimum absolute atomic E-state index is 0.0279. The van der Waals surface area contributed by atoms with Crippen LogP contribution in [0.2, 0.25) is 0 Å². The smallest absolute Gasteiger partial charge is 0.335 e. The summed E-state index contributed by atoms with van der Waals surface area (Å²) >= 11 is 19.8. The molecule has 624 valence electrons. The van der Waals surface area contributed by atoms with E-state index in [1.807, 2.05) is 24.3 Å². The number of benzene rings is 12. The van der Waals surface area contributed by atoms with Crippen molar-refractivity contribution in [1.29, 1.82) is 0 Å². The third kappa shape index (κ3) is 14.9. The number of hydrogen-bond acceptors (Lipinski definition) is 24. The number of rotatable bonds is 16. The van der Waals surface area contributed by atoms with Crippen molar-refractivity contribution in [3.05, 3.63) is 283 Å². The minimum atomic E-state index is -1.52. The maximum Gasteiger partial charge on any atom is 0.335 e. The number of ether oxygens (including phenoxy) is 16. The van der Waals surface area contributed by atoms with Crippen LogP contribution in [0, 0.1) is 0 Å². The highest BCUT2D eigenvalue weighted by molar-refractivity contribution is 7.80. The first-order chi connectivity index (χ1) is 60.3. The van der Waals surface area contributed by atoms with Gasteiger partial charge in [-0.1, -0.05) is 0 Å². The van der Waals surface area contributed by atoms with Crippen molar-refractivity contribution >= 4 is 74.4 Å². The van der Waals surface area contributed by atoms with Gasteiger partial charge in [-0.2, -0.15) is 50.5 Å². The first-order valence-corrected chi connectivity index (χ1v) is 42.9. The van der Waals surface area contributed by atoms with Crippen LogP contribution in [0.5, 0.6) is 138 Å². The zero-order chi connectivity index (χ0) is 84.4. The Balaban J connectivity index is 0.971. The fourth-order valence-corrected chi connectivity index (χ4v) is 18.5. The molecule has 0 saturated heterocycles. The monoisotopic (exact) mass is 1740 g/mol. The summed E-state index contributed by atoms with van der Waals surface area (Å²) in [6, 6.07) is 51.8. The first-order valence-electron chi connectivity index (χ1n) is 40.3. The molecule has 0 radical (unpaired) electrons. The van der Waals surface area contributed by atoms with Gasteiger partial charge in [0.2, 0.25) is 0 Å². The van der Waals surface area contributed by atoms with Gasteiger partial charge in [-0.05, 0) is 196 Å². The van der Waals surface area contributed by atoms with Crippen molar-refractivity contribution in [2.75, 3.05) is 23.0 Å². The second-order valence-electron chi connectivity index (χ2n) is 31.4. The zero-order valence-corrected chi connectivity index (χ0v) is 68.9. The van der Waals surface area contributed by atoms with Crippen LogP contribution in [0.3, 0.4) is 0 Å². The fraction of sp³-hybridized carbons (Fsp3) is 0.208. The number of hydrogen-bond donors (Lipinski definition) is 8. The van der Waals surface area contributed by atoms with E-state index in [4.69, 9.17) is 126 Å². The largest absolute Gasteiger partial charge is 0.478 e. The minimum Gasteiger partial charge on any atom is -0.478 e. The Morgan fingerprint density at radius 1 is 0.210 bits per heavy atom. The fourth-order valence-electron chi connectivity index (χ4n) is 17.8. The Hall–Kier alpha value is -13.3. The summed E-state index contributed by atoms with van der Waals surface area (Å²) in [5.74, 6) is -3.78. The van der Waals surface area contributed by atoms with Crippen molar-refractivity contribution in [2.24, 2.45) is 0 Å². The third-order valence-electron chi connectivity index (χ3n) is 23.1. The van der Waals surface area contributed by atoms with Crippen molar-refractivity contribution in [3.63, 3.8) is 0 Å². The van der Waals surface area contributed by atoms with E-state index < -0.39 is 72.7 Å². The lowest BCUT2D eigenvalue weighted by Crippen LogP contribution is -2.26. The van der Waals surface area contributed by atoms with Gasteiger partial charge in [0.15, 0.2) is 0 Å². The lowest BCUT2D eigenvalue weighted by Gasteiger charge is -2.38. The van der Waals surface area contributed by atoms with E-state index in [2.05, 4.69) is 24.3 Å². The van der Waals surface area contributed by atoms with Crippen LogP contribution in [0.1, 0.15) is 208 Å². The number of carboxylic acid groups (broad SMARTS) is 4. The van der Waals surface area contributed by atoms with Crippen molar-refractivity contribution < 1.29 is 115 Å². The summed E-state index contributed by atoms with van der Waals surface area (Å²) < 4.78 is 117. The van der Waals surface area contributed by atoms with Gasteiger partial charge in [-0.15, -0.1) is 0 Å². The summed E-state index contributed by atoms with van der Waals surface area (Å²) in [6.45, 7) is 0. The number of fused-ring (bicyclic) bond motifs is 16. The van der Waals surface area contributed by atoms with Crippen LogP contribution in [0.15, 0.2) is 194 Å². The second kappa shape index (κ2) is 31.6. The summed E-state index contributed by atoms with van der Waals surface area (Å²) in [6.07, 6.45) is -1.91. The lowest BCUT2D eigenvalue weighted by molar-refractivity contribution is -0.0123. The highest BCUT2D eigenvalue weighted by Crippen LogP contribution is 2.60. The summed E-state index contributed by atoms with van der Waals surface area (Å²) in [5, 5.41) is 44.2. The molecule has 9 aliphatic rings. The Morgan fingerprint density at radius 3 is 0.492 bits per heavy atom. The Labute approximate surface area is 729 Å². The molecule has 12 aromatic carbocycles. The molecule has 8 heterocycles. The van der Waals surface area contributed by atoms with Crippen molar-refractivity contribution in [3.8, 4) is 138 Å². The van der Waals surface area contributed by atoms with Crippen LogP contribution < -0.4 is 75.8 Å². The summed E-state index contributed by atoms with van der Waals surface area (Å²) in [4.78, 5) is 54.3. The van der Waals surface area contributed by atoms with Crippen LogP contribution in [-0.4, -0.2) is 67.3 Å². The average molecular weight is 1740 g/mol. The number of carboxylic acids is 4. The van der Waals surface area contributed by atoms with Crippen LogP contribution in [-0.2, 0) is 0 Å². The molecule has 40 bridgehead atoms. The predicted molar refractivity (Wildman–Crippen MR) is 461 cm³/mol. The molecule has 28 heteroatoms. The van der Waals surface area contributed by atoms with Gasteiger partial charge in [0, 0.05) is 163 Å². The Morgan fingerprint density at radius 2 is 0.355 bits per heavy atom. The number of aromatic carboxylic acids is 4. The molecule has 1 aliphatic carbocycles. The van der Waals surface area contributed by atoms with Crippen LogP contribution in [0.25, 0.3) is 0 Å². The van der Waals surface area contributed by atoms with Gasteiger partial charge < -0.3 is 96.2 Å². The first kappa shape index (κ1) is 78.0. The van der Waals surface area contributed by atoms with Gasteiger partial charge >= 0.3 is 23.9 Å². The maximum atomic E-state index is 13.6. The highest BCUT2D eigenvalue weighted by atomic mass is 32.1. The molecule has 12 aromatic rings. The van der Waals surface area contributed by atoms with E-state index in [1.54, 1.807) is 48.5 Å². The molecular formula is C96H72O24S4. The molecule has 124 heavy (non-hydrogen) atoms. The molecule has 0 spiro atoms. The lowest BCUT2D eigenvalue weighted by atomic mass is 9.76. The van der Waals surface area contributed by atoms with Gasteiger partial charge in [0.25, 0.3) is 25.2 Å². The van der Waals surface area contributed by atoms with E-state index in [-0.39, 0.29) is 136 Å². The predicted octanol–water partition coefficient (Wildman–Crippen LogP) is 23.6. The quantitative estimate of drug-likeness (QED) is 0.0417.